The number of hydrogen-bond donors (Lipinski definition) is 0. The van der Waals surface area contributed by atoms with Gasteiger partial charge in [-0.2, -0.15) is 4.99 Å². The lowest BCUT2D eigenvalue weighted by atomic mass is 10.1. The van der Waals surface area contributed by atoms with Gasteiger partial charge in [0.05, 0.1) is 23.0 Å². The van der Waals surface area contributed by atoms with Gasteiger partial charge in [-0.3, -0.25) is 14.9 Å². The number of nitro benzene ring substituents is 1. The molecule has 3 heterocycles. The summed E-state index contributed by atoms with van der Waals surface area (Å²) in [4.78, 5) is 29.6. The summed E-state index contributed by atoms with van der Waals surface area (Å²) in [5, 5.41) is 11.8. The molecule has 2 aromatic rings. The number of carbonyl (C=O) groups excluding carboxylic acids is 1. The van der Waals surface area contributed by atoms with E-state index in [9.17, 15) is 14.9 Å². The van der Waals surface area contributed by atoms with Gasteiger partial charge in [0.1, 0.15) is 11.5 Å². The number of carbonyl (C=O) groups is 1. The van der Waals surface area contributed by atoms with Crippen molar-refractivity contribution in [2.24, 2.45) is 4.99 Å². The molecule has 8 nitrogen and oxygen atoms in total. The normalized spacial score (nSPS) is 18.6. The molecule has 0 unspecified atom stereocenters. The first-order valence-corrected chi connectivity index (χ1v) is 9.53. The van der Waals surface area contributed by atoms with E-state index in [1.807, 2.05) is 4.90 Å². The summed E-state index contributed by atoms with van der Waals surface area (Å²) >= 11 is 1.32. The highest BCUT2D eigenvalue weighted by molar-refractivity contribution is 8.18. The summed E-state index contributed by atoms with van der Waals surface area (Å²) in [6.45, 7) is 4.36. The maximum absolute atomic E-state index is 12.2. The molecule has 0 saturated carbocycles. The highest BCUT2D eigenvalue weighted by Gasteiger charge is 2.27. The van der Waals surface area contributed by atoms with Crippen LogP contribution in [0, 0.1) is 17.0 Å². The van der Waals surface area contributed by atoms with Crippen LogP contribution in [0.2, 0.25) is 0 Å². The average Bonchev–Trinajstić information content (AvgIpc) is 3.30. The average molecular weight is 399 g/mol. The maximum Gasteiger partial charge on any atom is 0.286 e. The third-order valence-corrected chi connectivity index (χ3v) is 5.53. The fourth-order valence-electron chi connectivity index (χ4n) is 2.96. The minimum absolute atomic E-state index is 0.0406. The smallest absolute Gasteiger partial charge is 0.286 e. The van der Waals surface area contributed by atoms with Crippen molar-refractivity contribution in [3.05, 3.63) is 56.7 Å². The zero-order valence-corrected chi connectivity index (χ0v) is 15.9. The van der Waals surface area contributed by atoms with E-state index in [-0.39, 0.29) is 11.6 Å². The molecule has 1 aromatic carbocycles. The van der Waals surface area contributed by atoms with E-state index in [1.165, 1.54) is 17.8 Å². The van der Waals surface area contributed by atoms with Crippen molar-refractivity contribution in [1.82, 2.24) is 4.90 Å². The highest BCUT2D eigenvalue weighted by atomic mass is 32.2. The first-order chi connectivity index (χ1) is 13.5. The molecule has 0 aliphatic carbocycles. The number of benzene rings is 1. The van der Waals surface area contributed by atoms with Gasteiger partial charge in [0, 0.05) is 36.4 Å². The standard InChI is InChI=1S/C19H17N3O5S/c1-12-2-3-13(10-15(12)22(24)25)16-5-4-14(27-16)11-17-18(23)20-19(28-17)21-6-8-26-9-7-21/h2-5,10-11H,6-9H2,1H3/b17-11-. The molecule has 144 valence electrons. The number of thioether (sulfide) groups is 1. The van der Waals surface area contributed by atoms with Crippen LogP contribution in [0.3, 0.4) is 0 Å². The molecule has 28 heavy (non-hydrogen) atoms. The predicted molar refractivity (Wildman–Crippen MR) is 106 cm³/mol. The zero-order valence-electron chi connectivity index (χ0n) is 15.1. The van der Waals surface area contributed by atoms with E-state index < -0.39 is 4.92 Å². The molecular weight excluding hydrogens is 382 g/mol. The molecule has 0 N–H and O–H groups in total. The fraction of sp³-hybridized carbons (Fsp3) is 0.263. The van der Waals surface area contributed by atoms with Crippen LogP contribution in [0.4, 0.5) is 5.69 Å². The van der Waals surface area contributed by atoms with Gasteiger partial charge in [0.2, 0.25) is 0 Å². The van der Waals surface area contributed by atoms with Gasteiger partial charge in [-0.15, -0.1) is 0 Å². The van der Waals surface area contributed by atoms with Gasteiger partial charge in [-0.25, -0.2) is 0 Å². The summed E-state index contributed by atoms with van der Waals surface area (Å²) in [5.41, 5.74) is 1.24. The van der Waals surface area contributed by atoms with Gasteiger partial charge >= 0.3 is 0 Å². The van der Waals surface area contributed by atoms with Crippen molar-refractivity contribution in [3.8, 4) is 11.3 Å². The Bertz CT molecular complexity index is 1000. The number of rotatable bonds is 3. The molecule has 9 heteroatoms. The monoisotopic (exact) mass is 399 g/mol. The Morgan fingerprint density at radius 1 is 1.25 bits per heavy atom. The molecule has 1 fully saturated rings. The Morgan fingerprint density at radius 3 is 2.79 bits per heavy atom. The van der Waals surface area contributed by atoms with E-state index in [2.05, 4.69) is 4.99 Å². The highest BCUT2D eigenvalue weighted by Crippen LogP contribution is 2.33. The molecule has 1 amide bonds. The Hall–Kier alpha value is -2.91. The Labute approximate surface area is 165 Å². The Kier molecular flexibility index (Phi) is 5.01. The lowest BCUT2D eigenvalue weighted by Crippen LogP contribution is -2.38. The van der Waals surface area contributed by atoms with Crippen molar-refractivity contribution in [2.75, 3.05) is 26.3 Å². The van der Waals surface area contributed by atoms with Crippen LogP contribution in [0.25, 0.3) is 17.4 Å². The fourth-order valence-corrected chi connectivity index (χ4v) is 3.91. The lowest BCUT2D eigenvalue weighted by Gasteiger charge is -2.27. The molecule has 1 aromatic heterocycles. The minimum Gasteiger partial charge on any atom is -0.457 e. The number of amides is 1. The molecule has 0 atom stereocenters. The number of morpholine rings is 1. The topological polar surface area (TPSA) is 98.2 Å². The Balaban J connectivity index is 1.53. The van der Waals surface area contributed by atoms with E-state index in [4.69, 9.17) is 9.15 Å². The van der Waals surface area contributed by atoms with Crippen molar-refractivity contribution in [1.29, 1.82) is 0 Å². The minimum atomic E-state index is -0.414. The van der Waals surface area contributed by atoms with Gasteiger partial charge in [0.25, 0.3) is 11.6 Å². The third-order valence-electron chi connectivity index (χ3n) is 4.48. The number of nitro groups is 1. The third kappa shape index (κ3) is 3.71. The van der Waals surface area contributed by atoms with Crippen LogP contribution in [0.1, 0.15) is 11.3 Å². The van der Waals surface area contributed by atoms with E-state index in [0.29, 0.717) is 59.0 Å². The van der Waals surface area contributed by atoms with E-state index >= 15 is 0 Å². The molecule has 0 bridgehead atoms. The number of hydrogen-bond acceptors (Lipinski definition) is 7. The number of furan rings is 1. The number of nitrogens with zero attached hydrogens (tertiary/aromatic N) is 3. The molecule has 0 radical (unpaired) electrons. The summed E-state index contributed by atoms with van der Waals surface area (Å²) in [7, 11) is 0. The van der Waals surface area contributed by atoms with Crippen molar-refractivity contribution in [3.63, 3.8) is 0 Å². The van der Waals surface area contributed by atoms with Crippen molar-refractivity contribution in [2.45, 2.75) is 6.92 Å². The van der Waals surface area contributed by atoms with Gasteiger partial charge in [-0.05, 0) is 30.8 Å². The quantitative estimate of drug-likeness (QED) is 0.443. The summed E-state index contributed by atoms with van der Waals surface area (Å²) in [6.07, 6.45) is 1.65. The second kappa shape index (κ2) is 7.61. The first-order valence-electron chi connectivity index (χ1n) is 8.72. The van der Waals surface area contributed by atoms with Crippen LogP contribution < -0.4 is 0 Å². The van der Waals surface area contributed by atoms with Gasteiger partial charge < -0.3 is 14.1 Å². The number of aliphatic imine (C=N–C) groups is 1. The molecule has 1 saturated heterocycles. The molecular formula is C19H17N3O5S. The number of ether oxygens (including phenoxy) is 1. The Morgan fingerprint density at radius 2 is 2.04 bits per heavy atom. The zero-order chi connectivity index (χ0) is 19.7. The first kappa shape index (κ1) is 18.5. The molecule has 4 rings (SSSR count). The molecule has 2 aliphatic heterocycles. The number of aryl methyl sites for hydroxylation is 1. The van der Waals surface area contributed by atoms with Crippen LogP contribution in [0.15, 0.2) is 44.6 Å². The molecule has 0 spiro atoms. The van der Waals surface area contributed by atoms with Crippen LogP contribution in [-0.2, 0) is 9.53 Å². The van der Waals surface area contributed by atoms with Gasteiger partial charge in [-0.1, -0.05) is 12.1 Å². The molecule has 2 aliphatic rings. The second-order valence-corrected chi connectivity index (χ2v) is 7.38. The summed E-state index contributed by atoms with van der Waals surface area (Å²) in [5.74, 6) is 0.697. The summed E-state index contributed by atoms with van der Waals surface area (Å²) in [6, 6.07) is 8.41. The largest absolute Gasteiger partial charge is 0.457 e. The summed E-state index contributed by atoms with van der Waals surface area (Å²) < 4.78 is 11.1. The van der Waals surface area contributed by atoms with Gasteiger partial charge in [0.15, 0.2) is 5.17 Å². The SMILES string of the molecule is Cc1ccc(-c2ccc(/C=C3\SC(N4CCOCC4)=NC3=O)o2)cc1[N+](=O)[O-]. The van der Waals surface area contributed by atoms with Crippen LogP contribution >= 0.6 is 11.8 Å². The van der Waals surface area contributed by atoms with Crippen molar-refractivity contribution < 1.29 is 18.9 Å². The lowest BCUT2D eigenvalue weighted by molar-refractivity contribution is -0.385. The van der Waals surface area contributed by atoms with E-state index in [1.54, 1.807) is 37.3 Å². The second-order valence-electron chi connectivity index (χ2n) is 6.37. The maximum atomic E-state index is 12.2. The van der Waals surface area contributed by atoms with Crippen LogP contribution in [0.5, 0.6) is 0 Å². The number of amidine groups is 1. The van der Waals surface area contributed by atoms with Crippen LogP contribution in [-0.4, -0.2) is 47.2 Å². The predicted octanol–water partition coefficient (Wildman–Crippen LogP) is 3.47. The van der Waals surface area contributed by atoms with E-state index in [0.717, 1.165) is 0 Å². The van der Waals surface area contributed by atoms with Crippen molar-refractivity contribution >= 4 is 34.6 Å².